The summed E-state index contributed by atoms with van der Waals surface area (Å²) in [5.41, 5.74) is 0. The van der Waals surface area contributed by atoms with Gasteiger partial charge < -0.3 is 19.9 Å². The fourth-order valence-corrected chi connectivity index (χ4v) is 1.74. The van der Waals surface area contributed by atoms with E-state index < -0.39 is 0 Å². The number of amides is 1. The van der Waals surface area contributed by atoms with Crippen molar-refractivity contribution in [3.8, 4) is 0 Å². The third-order valence-corrected chi connectivity index (χ3v) is 2.81. The van der Waals surface area contributed by atoms with Crippen molar-refractivity contribution >= 4 is 5.91 Å². The Balaban J connectivity index is 2.30. The number of aliphatic hydroxyl groups excluding tert-OH is 1. The smallest absolute Gasteiger partial charge is 0.234 e. The number of methoxy groups -OCH3 is 1. The molecule has 1 aliphatic heterocycles. The number of nitrogens with zero attached hydrogens (tertiary/aromatic N) is 1. The van der Waals surface area contributed by atoms with Crippen molar-refractivity contribution in [1.82, 2.24) is 10.2 Å². The van der Waals surface area contributed by atoms with Crippen LogP contribution >= 0.6 is 0 Å². The summed E-state index contributed by atoms with van der Waals surface area (Å²) in [4.78, 5) is 13.6. The van der Waals surface area contributed by atoms with Crippen LogP contribution in [0.3, 0.4) is 0 Å². The fraction of sp³-hybridized carbons (Fsp3) is 0.909. The number of carbonyl (C=O) groups is 1. The molecule has 6 heteroatoms. The second-order valence-electron chi connectivity index (χ2n) is 4.26. The van der Waals surface area contributed by atoms with E-state index in [1.165, 1.54) is 0 Å². The molecular formula is C11H22N2O4. The summed E-state index contributed by atoms with van der Waals surface area (Å²) in [7, 11) is 1.60. The van der Waals surface area contributed by atoms with Crippen molar-refractivity contribution in [2.45, 2.75) is 19.1 Å². The molecule has 0 aliphatic carbocycles. The van der Waals surface area contributed by atoms with Crippen LogP contribution in [-0.2, 0) is 14.3 Å². The minimum atomic E-state index is -0.182. The van der Waals surface area contributed by atoms with Gasteiger partial charge in [0.05, 0.1) is 32.5 Å². The number of nitrogens with one attached hydrogen (secondary N) is 1. The van der Waals surface area contributed by atoms with Crippen LogP contribution < -0.4 is 5.32 Å². The number of ether oxygens (including phenoxy) is 2. The maximum Gasteiger partial charge on any atom is 0.234 e. The van der Waals surface area contributed by atoms with Gasteiger partial charge >= 0.3 is 0 Å². The van der Waals surface area contributed by atoms with Gasteiger partial charge in [-0.05, 0) is 6.92 Å². The summed E-state index contributed by atoms with van der Waals surface area (Å²) in [6.07, 6.45) is -0.182. The molecule has 0 bridgehead atoms. The summed E-state index contributed by atoms with van der Waals surface area (Å²) < 4.78 is 10.3. The Morgan fingerprint density at radius 3 is 3.06 bits per heavy atom. The lowest BCUT2D eigenvalue weighted by molar-refractivity contribution is -0.127. The molecule has 0 saturated carbocycles. The second-order valence-corrected chi connectivity index (χ2v) is 4.26. The van der Waals surface area contributed by atoms with Gasteiger partial charge in [-0.25, -0.2) is 0 Å². The SMILES string of the molecule is COCCNC(=O)CN1CC(CO)OCC1C. The first-order chi connectivity index (χ1) is 8.17. The molecule has 6 nitrogen and oxygen atoms in total. The first-order valence-corrected chi connectivity index (χ1v) is 5.89. The van der Waals surface area contributed by atoms with Crippen LogP contribution in [0.25, 0.3) is 0 Å². The zero-order valence-corrected chi connectivity index (χ0v) is 10.5. The Bertz CT molecular complexity index is 238. The summed E-state index contributed by atoms with van der Waals surface area (Å²) >= 11 is 0. The van der Waals surface area contributed by atoms with Gasteiger partial charge in [0.25, 0.3) is 0 Å². The highest BCUT2D eigenvalue weighted by atomic mass is 16.5. The Morgan fingerprint density at radius 1 is 1.65 bits per heavy atom. The maximum absolute atomic E-state index is 11.6. The van der Waals surface area contributed by atoms with Gasteiger partial charge in [0.15, 0.2) is 0 Å². The molecule has 0 aromatic heterocycles. The van der Waals surface area contributed by atoms with Crippen molar-refractivity contribution in [2.24, 2.45) is 0 Å². The van der Waals surface area contributed by atoms with Crippen molar-refractivity contribution in [3.05, 3.63) is 0 Å². The third kappa shape index (κ3) is 4.99. The Labute approximate surface area is 102 Å². The Morgan fingerprint density at radius 2 is 2.41 bits per heavy atom. The Kier molecular flexibility index (Phi) is 6.43. The van der Waals surface area contributed by atoms with Crippen LogP contribution in [0.1, 0.15) is 6.92 Å². The largest absolute Gasteiger partial charge is 0.394 e. The van der Waals surface area contributed by atoms with E-state index in [4.69, 9.17) is 14.6 Å². The highest BCUT2D eigenvalue weighted by Crippen LogP contribution is 2.10. The van der Waals surface area contributed by atoms with Crippen molar-refractivity contribution in [1.29, 1.82) is 0 Å². The zero-order chi connectivity index (χ0) is 12.7. The monoisotopic (exact) mass is 246 g/mol. The standard InChI is InChI=1S/C11H22N2O4/c1-9-8-17-10(7-14)5-13(9)6-11(15)12-3-4-16-2/h9-10,14H,3-8H2,1-2H3,(H,12,15). The van der Waals surface area contributed by atoms with Gasteiger partial charge in [0.1, 0.15) is 0 Å². The average molecular weight is 246 g/mol. The number of hydrogen-bond acceptors (Lipinski definition) is 5. The average Bonchev–Trinajstić information content (AvgIpc) is 2.32. The van der Waals surface area contributed by atoms with Gasteiger partial charge in [-0.3, -0.25) is 9.69 Å². The molecule has 100 valence electrons. The lowest BCUT2D eigenvalue weighted by Gasteiger charge is -2.36. The summed E-state index contributed by atoms with van der Waals surface area (Å²) in [5, 5.41) is 11.8. The predicted molar refractivity (Wildman–Crippen MR) is 62.7 cm³/mol. The third-order valence-electron chi connectivity index (χ3n) is 2.81. The number of hydrogen-bond donors (Lipinski definition) is 2. The first kappa shape index (κ1) is 14.4. The zero-order valence-electron chi connectivity index (χ0n) is 10.5. The molecule has 0 spiro atoms. The fourth-order valence-electron chi connectivity index (χ4n) is 1.74. The van der Waals surface area contributed by atoms with Gasteiger partial charge in [-0.1, -0.05) is 0 Å². The summed E-state index contributed by atoms with van der Waals surface area (Å²) in [6.45, 7) is 4.53. The van der Waals surface area contributed by atoms with Crippen molar-refractivity contribution in [2.75, 3.05) is 46.6 Å². The molecule has 2 atom stereocenters. The first-order valence-electron chi connectivity index (χ1n) is 5.89. The molecule has 17 heavy (non-hydrogen) atoms. The van der Waals surface area contributed by atoms with Crippen LogP contribution in [0.5, 0.6) is 0 Å². The number of carbonyl (C=O) groups excluding carboxylic acids is 1. The van der Waals surface area contributed by atoms with Crippen molar-refractivity contribution in [3.63, 3.8) is 0 Å². The van der Waals surface area contributed by atoms with Crippen LogP contribution in [0.4, 0.5) is 0 Å². The molecule has 1 fully saturated rings. The Hall–Kier alpha value is -0.690. The summed E-state index contributed by atoms with van der Waals surface area (Å²) in [5.74, 6) is -0.0208. The summed E-state index contributed by atoms with van der Waals surface area (Å²) in [6, 6.07) is 0.200. The molecular weight excluding hydrogens is 224 g/mol. The highest BCUT2D eigenvalue weighted by molar-refractivity contribution is 5.78. The van der Waals surface area contributed by atoms with E-state index in [0.717, 1.165) is 0 Å². The van der Waals surface area contributed by atoms with Gasteiger partial charge in [-0.15, -0.1) is 0 Å². The lowest BCUT2D eigenvalue weighted by atomic mass is 10.2. The molecule has 2 unspecified atom stereocenters. The highest BCUT2D eigenvalue weighted by Gasteiger charge is 2.26. The molecule has 1 amide bonds. The van der Waals surface area contributed by atoms with E-state index >= 15 is 0 Å². The van der Waals surface area contributed by atoms with E-state index in [9.17, 15) is 4.79 Å². The maximum atomic E-state index is 11.6. The van der Waals surface area contributed by atoms with Gasteiger partial charge in [0.2, 0.25) is 5.91 Å². The molecule has 1 rings (SSSR count). The van der Waals surface area contributed by atoms with E-state index in [1.807, 2.05) is 11.8 Å². The predicted octanol–water partition coefficient (Wildman–Crippen LogP) is -1.17. The van der Waals surface area contributed by atoms with Gasteiger partial charge in [0, 0.05) is 26.2 Å². The topological polar surface area (TPSA) is 71.0 Å². The minimum Gasteiger partial charge on any atom is -0.394 e. The molecule has 0 aromatic carbocycles. The number of morpholine rings is 1. The minimum absolute atomic E-state index is 0.00544. The van der Waals surface area contributed by atoms with Crippen LogP contribution in [0.15, 0.2) is 0 Å². The van der Waals surface area contributed by atoms with Crippen LogP contribution in [-0.4, -0.2) is 74.6 Å². The molecule has 0 aromatic rings. The second kappa shape index (κ2) is 7.60. The van der Waals surface area contributed by atoms with Gasteiger partial charge in [-0.2, -0.15) is 0 Å². The normalized spacial score (nSPS) is 25.8. The molecule has 0 radical (unpaired) electrons. The van der Waals surface area contributed by atoms with E-state index in [1.54, 1.807) is 7.11 Å². The van der Waals surface area contributed by atoms with E-state index in [2.05, 4.69) is 5.32 Å². The molecule has 1 aliphatic rings. The number of rotatable bonds is 6. The van der Waals surface area contributed by atoms with Crippen molar-refractivity contribution < 1.29 is 19.4 Å². The number of aliphatic hydroxyl groups is 1. The molecule has 2 N–H and O–H groups in total. The lowest BCUT2D eigenvalue weighted by Crippen LogP contribution is -2.52. The quantitative estimate of drug-likeness (QED) is 0.578. The van der Waals surface area contributed by atoms with E-state index in [0.29, 0.717) is 32.8 Å². The molecule has 1 heterocycles. The molecule has 1 saturated heterocycles. The van der Waals surface area contributed by atoms with E-state index in [-0.39, 0.29) is 24.7 Å². The van der Waals surface area contributed by atoms with Crippen LogP contribution in [0, 0.1) is 0 Å². The van der Waals surface area contributed by atoms with Crippen LogP contribution in [0.2, 0.25) is 0 Å².